The molecule has 0 spiro atoms. The van der Waals surface area contributed by atoms with Crippen LogP contribution in [0.4, 0.5) is 0 Å². The van der Waals surface area contributed by atoms with Crippen LogP contribution in [0.5, 0.6) is 0 Å². The SMILES string of the molecule is CC/C=C\C/C=C\C/C=C\C/C=C\C/C=C\C/C=C\C/C=C\CCCCCCCCCCCCCCCCCC(=O)OC(CO)COC(=O)CCCCCCC/C=C\C/C=C\CCCC. The summed E-state index contributed by atoms with van der Waals surface area (Å²) in [4.78, 5) is 24.4. The second kappa shape index (κ2) is 54.9. The highest BCUT2D eigenvalue weighted by Gasteiger charge is 2.16. The van der Waals surface area contributed by atoms with Gasteiger partial charge >= 0.3 is 11.9 Å². The van der Waals surface area contributed by atoms with Gasteiger partial charge in [-0.15, -0.1) is 0 Å². The van der Waals surface area contributed by atoms with Crippen LogP contribution in [0, 0.1) is 0 Å². The highest BCUT2D eigenvalue weighted by molar-refractivity contribution is 5.70. The number of carbonyl (C=O) groups is 2. The summed E-state index contributed by atoms with van der Waals surface area (Å²) >= 11 is 0. The molecule has 0 aromatic rings. The van der Waals surface area contributed by atoms with Crippen molar-refractivity contribution >= 4 is 11.9 Å². The van der Waals surface area contributed by atoms with Crippen LogP contribution in [0.15, 0.2) is 109 Å². The molecule has 0 aromatic carbocycles. The van der Waals surface area contributed by atoms with Crippen molar-refractivity contribution in [2.24, 2.45) is 0 Å². The maximum absolute atomic E-state index is 12.3. The fraction of sp³-hybridized carbons (Fsp3) is 0.667. The van der Waals surface area contributed by atoms with Crippen LogP contribution >= 0.6 is 0 Å². The second-order valence-electron chi connectivity index (χ2n) is 17.6. The zero-order chi connectivity index (χ0) is 47.0. The maximum atomic E-state index is 12.3. The molecule has 0 aliphatic carbocycles. The van der Waals surface area contributed by atoms with E-state index in [0.29, 0.717) is 12.8 Å². The average molecular weight is 901 g/mol. The largest absolute Gasteiger partial charge is 0.462 e. The predicted octanol–water partition coefficient (Wildman–Crippen LogP) is 18.1. The van der Waals surface area contributed by atoms with E-state index in [2.05, 4.69) is 123 Å². The van der Waals surface area contributed by atoms with Gasteiger partial charge in [-0.1, -0.05) is 239 Å². The number of rotatable bonds is 48. The minimum Gasteiger partial charge on any atom is -0.462 e. The topological polar surface area (TPSA) is 72.8 Å². The normalized spacial score (nSPS) is 13.1. The highest BCUT2D eigenvalue weighted by Crippen LogP contribution is 2.15. The van der Waals surface area contributed by atoms with Crippen LogP contribution < -0.4 is 0 Å². The predicted molar refractivity (Wildman–Crippen MR) is 283 cm³/mol. The van der Waals surface area contributed by atoms with Crippen molar-refractivity contribution in [3.63, 3.8) is 0 Å². The third-order valence-corrected chi connectivity index (χ3v) is 11.3. The summed E-state index contributed by atoms with van der Waals surface area (Å²) in [6.07, 6.45) is 79.1. The molecule has 0 radical (unpaired) electrons. The molecule has 5 heteroatoms. The Kier molecular flexibility index (Phi) is 52.0. The van der Waals surface area contributed by atoms with Crippen LogP contribution in [0.3, 0.4) is 0 Å². The summed E-state index contributed by atoms with van der Waals surface area (Å²) in [6, 6.07) is 0. The molecule has 0 saturated carbocycles. The smallest absolute Gasteiger partial charge is 0.306 e. The van der Waals surface area contributed by atoms with Crippen LogP contribution in [0.1, 0.15) is 239 Å². The van der Waals surface area contributed by atoms with Gasteiger partial charge in [0.05, 0.1) is 6.61 Å². The first-order valence-corrected chi connectivity index (χ1v) is 26.9. The van der Waals surface area contributed by atoms with Gasteiger partial charge in [-0.25, -0.2) is 0 Å². The van der Waals surface area contributed by atoms with Crippen molar-refractivity contribution in [1.82, 2.24) is 0 Å². The second-order valence-corrected chi connectivity index (χ2v) is 17.6. The summed E-state index contributed by atoms with van der Waals surface area (Å²) in [5, 5.41) is 9.62. The molecule has 0 aromatic heterocycles. The molecule has 0 heterocycles. The Bertz CT molecular complexity index is 1290. The molecule has 5 nitrogen and oxygen atoms in total. The Hall–Kier alpha value is -3.44. The van der Waals surface area contributed by atoms with Gasteiger partial charge in [0.2, 0.25) is 0 Å². The number of allylic oxidation sites excluding steroid dienone is 18. The fourth-order valence-corrected chi connectivity index (χ4v) is 7.26. The van der Waals surface area contributed by atoms with Crippen LogP contribution in [-0.2, 0) is 19.1 Å². The average Bonchev–Trinajstić information content (AvgIpc) is 3.31. The van der Waals surface area contributed by atoms with E-state index in [1.54, 1.807) is 0 Å². The van der Waals surface area contributed by atoms with E-state index in [4.69, 9.17) is 9.47 Å². The van der Waals surface area contributed by atoms with Gasteiger partial charge in [0.1, 0.15) is 6.61 Å². The lowest BCUT2D eigenvalue weighted by Gasteiger charge is -2.15. The van der Waals surface area contributed by atoms with Crippen LogP contribution in [0.25, 0.3) is 0 Å². The Morgan fingerprint density at radius 2 is 0.662 bits per heavy atom. The van der Waals surface area contributed by atoms with Crippen molar-refractivity contribution in [3.05, 3.63) is 109 Å². The Labute approximate surface area is 401 Å². The van der Waals surface area contributed by atoms with Crippen molar-refractivity contribution in [3.8, 4) is 0 Å². The standard InChI is InChI=1S/C60H100O5/c1-3-5-7-9-11-13-15-17-19-20-21-22-23-24-25-26-27-28-29-30-31-32-33-34-35-36-37-38-39-40-41-43-45-47-49-51-53-55-60(63)65-58(56-61)57-64-59(62)54-52-50-48-46-44-42-18-16-14-12-10-8-6-4-2/h5,7,10-13,16-19,21-22,24-25,27-28,30-31,58,61H,3-4,6,8-9,14-15,20,23,26,29,32-57H2,1-2H3/b7-5-,12-10-,13-11-,18-16-,19-17-,22-21-,25-24-,28-27-,31-30-. The number of aliphatic hydroxyl groups excluding tert-OH is 1. The number of hydrogen-bond donors (Lipinski definition) is 1. The minimum atomic E-state index is -0.782. The van der Waals surface area contributed by atoms with Gasteiger partial charge in [-0.3, -0.25) is 9.59 Å². The Balaban J connectivity index is 3.51. The molecular formula is C60H100O5. The van der Waals surface area contributed by atoms with E-state index in [1.807, 2.05) is 0 Å². The van der Waals surface area contributed by atoms with E-state index >= 15 is 0 Å². The molecule has 0 fully saturated rings. The first-order chi connectivity index (χ1) is 32.1. The lowest BCUT2D eigenvalue weighted by molar-refractivity contribution is -0.161. The van der Waals surface area contributed by atoms with Crippen molar-refractivity contribution in [2.45, 2.75) is 245 Å². The fourth-order valence-electron chi connectivity index (χ4n) is 7.26. The molecule has 0 rings (SSSR count). The monoisotopic (exact) mass is 901 g/mol. The van der Waals surface area contributed by atoms with Gasteiger partial charge < -0.3 is 14.6 Å². The zero-order valence-electron chi connectivity index (χ0n) is 42.2. The Morgan fingerprint density at radius 3 is 1.00 bits per heavy atom. The van der Waals surface area contributed by atoms with Gasteiger partial charge in [0.15, 0.2) is 6.10 Å². The van der Waals surface area contributed by atoms with Crippen molar-refractivity contribution < 1.29 is 24.2 Å². The van der Waals surface area contributed by atoms with Gasteiger partial charge in [-0.2, -0.15) is 0 Å². The zero-order valence-corrected chi connectivity index (χ0v) is 42.2. The van der Waals surface area contributed by atoms with E-state index in [9.17, 15) is 14.7 Å². The lowest BCUT2D eigenvalue weighted by atomic mass is 10.0. The third-order valence-electron chi connectivity index (χ3n) is 11.3. The highest BCUT2D eigenvalue weighted by atomic mass is 16.6. The quantitative estimate of drug-likeness (QED) is 0.0374. The van der Waals surface area contributed by atoms with Gasteiger partial charge in [-0.05, 0) is 96.3 Å². The molecule has 65 heavy (non-hydrogen) atoms. The molecule has 1 unspecified atom stereocenters. The molecule has 1 N–H and O–H groups in total. The number of esters is 2. The summed E-state index contributed by atoms with van der Waals surface area (Å²) < 4.78 is 10.7. The summed E-state index contributed by atoms with van der Waals surface area (Å²) in [7, 11) is 0. The number of carbonyl (C=O) groups excluding carboxylic acids is 2. The first kappa shape index (κ1) is 61.6. The molecule has 0 amide bonds. The summed E-state index contributed by atoms with van der Waals surface area (Å²) in [6.45, 7) is 3.97. The number of unbranched alkanes of at least 4 members (excludes halogenated alkanes) is 22. The van der Waals surface area contributed by atoms with Crippen molar-refractivity contribution in [2.75, 3.05) is 13.2 Å². The summed E-state index contributed by atoms with van der Waals surface area (Å²) in [5.74, 6) is -0.609. The molecule has 0 aliphatic heterocycles. The van der Waals surface area contributed by atoms with Crippen molar-refractivity contribution in [1.29, 1.82) is 0 Å². The minimum absolute atomic E-state index is 0.0764. The summed E-state index contributed by atoms with van der Waals surface area (Å²) in [5.41, 5.74) is 0. The number of aliphatic hydroxyl groups is 1. The molecular weight excluding hydrogens is 801 g/mol. The van der Waals surface area contributed by atoms with E-state index in [0.717, 1.165) is 96.3 Å². The van der Waals surface area contributed by atoms with Crippen LogP contribution in [-0.4, -0.2) is 36.4 Å². The first-order valence-electron chi connectivity index (χ1n) is 26.9. The van der Waals surface area contributed by atoms with Gasteiger partial charge in [0, 0.05) is 12.8 Å². The molecule has 1 atom stereocenters. The van der Waals surface area contributed by atoms with Crippen LogP contribution in [0.2, 0.25) is 0 Å². The Morgan fingerprint density at radius 1 is 0.369 bits per heavy atom. The number of ether oxygens (including phenoxy) is 2. The maximum Gasteiger partial charge on any atom is 0.306 e. The van der Waals surface area contributed by atoms with E-state index in [-0.39, 0.29) is 25.2 Å². The van der Waals surface area contributed by atoms with E-state index < -0.39 is 6.10 Å². The van der Waals surface area contributed by atoms with Gasteiger partial charge in [0.25, 0.3) is 0 Å². The lowest BCUT2D eigenvalue weighted by Crippen LogP contribution is -2.28. The third kappa shape index (κ3) is 53.1. The number of hydrogen-bond acceptors (Lipinski definition) is 5. The molecule has 0 saturated heterocycles. The molecule has 0 aliphatic rings. The molecule has 0 bridgehead atoms. The molecule has 370 valence electrons. The van der Waals surface area contributed by atoms with E-state index in [1.165, 1.54) is 116 Å².